The second-order valence-corrected chi connectivity index (χ2v) is 6.65. The Kier molecular flexibility index (Phi) is 3.62. The zero-order valence-corrected chi connectivity index (χ0v) is 12.9. The first-order valence-electron chi connectivity index (χ1n) is 8.14. The molecule has 120 valence electrons. The van der Waals surface area contributed by atoms with E-state index in [1.54, 1.807) is 0 Å². The van der Waals surface area contributed by atoms with Crippen molar-refractivity contribution in [2.24, 2.45) is 0 Å². The van der Waals surface area contributed by atoms with Gasteiger partial charge >= 0.3 is 5.97 Å². The standard InChI is InChI=1S/C15H22N4O3/c1-18(9-13-16-14(22-17-13)10-2-3-10)11-4-6-19(8-11)12-5-7-21-15(12)20/h10-12H,2-9H2,1H3. The van der Waals surface area contributed by atoms with Crippen molar-refractivity contribution >= 4 is 5.97 Å². The van der Waals surface area contributed by atoms with Crippen molar-refractivity contribution in [2.75, 3.05) is 26.7 Å². The number of carbonyl (C=O) groups is 1. The first kappa shape index (κ1) is 14.1. The van der Waals surface area contributed by atoms with Gasteiger partial charge in [0, 0.05) is 31.5 Å². The average Bonchev–Trinajstić information content (AvgIpc) is 2.91. The van der Waals surface area contributed by atoms with Crippen molar-refractivity contribution in [1.29, 1.82) is 0 Å². The predicted octanol–water partition coefficient (Wildman–Crippen LogP) is 0.769. The van der Waals surface area contributed by atoms with Crippen LogP contribution in [-0.2, 0) is 16.1 Å². The van der Waals surface area contributed by atoms with E-state index < -0.39 is 0 Å². The molecule has 4 rings (SSSR count). The zero-order valence-electron chi connectivity index (χ0n) is 12.9. The van der Waals surface area contributed by atoms with Gasteiger partial charge in [0.15, 0.2) is 5.82 Å². The predicted molar refractivity (Wildman–Crippen MR) is 77.1 cm³/mol. The van der Waals surface area contributed by atoms with Gasteiger partial charge in [-0.1, -0.05) is 5.16 Å². The smallest absolute Gasteiger partial charge is 0.323 e. The minimum Gasteiger partial charge on any atom is -0.464 e. The van der Waals surface area contributed by atoms with Crippen LogP contribution in [0, 0.1) is 0 Å². The summed E-state index contributed by atoms with van der Waals surface area (Å²) in [4.78, 5) is 20.7. The van der Waals surface area contributed by atoms with Crippen LogP contribution in [0.25, 0.3) is 0 Å². The number of hydrogen-bond acceptors (Lipinski definition) is 7. The molecule has 1 aromatic heterocycles. The molecule has 22 heavy (non-hydrogen) atoms. The van der Waals surface area contributed by atoms with E-state index in [1.165, 1.54) is 12.8 Å². The summed E-state index contributed by atoms with van der Waals surface area (Å²) in [7, 11) is 2.09. The number of hydrogen-bond donors (Lipinski definition) is 0. The van der Waals surface area contributed by atoms with E-state index in [0.717, 1.165) is 37.6 Å². The summed E-state index contributed by atoms with van der Waals surface area (Å²) in [6.07, 6.45) is 4.23. The van der Waals surface area contributed by atoms with Crippen LogP contribution in [-0.4, -0.2) is 64.7 Å². The molecule has 3 aliphatic rings. The van der Waals surface area contributed by atoms with Gasteiger partial charge in [0.1, 0.15) is 6.04 Å². The number of cyclic esters (lactones) is 1. The number of rotatable bonds is 5. The van der Waals surface area contributed by atoms with Crippen LogP contribution < -0.4 is 0 Å². The van der Waals surface area contributed by atoms with Gasteiger partial charge in [-0.05, 0) is 26.3 Å². The van der Waals surface area contributed by atoms with Crippen LogP contribution in [0.5, 0.6) is 0 Å². The molecule has 0 spiro atoms. The Bertz CT molecular complexity index is 557. The first-order chi connectivity index (χ1) is 10.7. The molecular formula is C15H22N4O3. The molecule has 2 saturated heterocycles. The summed E-state index contributed by atoms with van der Waals surface area (Å²) >= 11 is 0. The number of nitrogens with zero attached hydrogens (tertiary/aromatic N) is 4. The second-order valence-electron chi connectivity index (χ2n) is 6.65. The molecule has 2 atom stereocenters. The van der Waals surface area contributed by atoms with E-state index in [4.69, 9.17) is 9.26 Å². The van der Waals surface area contributed by atoms with Gasteiger partial charge in [0.2, 0.25) is 5.89 Å². The number of aromatic nitrogens is 2. The molecule has 2 unspecified atom stereocenters. The fourth-order valence-electron chi connectivity index (χ4n) is 3.41. The van der Waals surface area contributed by atoms with E-state index >= 15 is 0 Å². The quantitative estimate of drug-likeness (QED) is 0.744. The molecule has 0 bridgehead atoms. The maximum atomic E-state index is 11.7. The van der Waals surface area contributed by atoms with Crippen molar-refractivity contribution in [3.05, 3.63) is 11.7 Å². The molecule has 1 saturated carbocycles. The molecule has 0 aromatic carbocycles. The Morgan fingerprint density at radius 1 is 1.32 bits per heavy atom. The molecular weight excluding hydrogens is 284 g/mol. The van der Waals surface area contributed by atoms with Crippen LogP contribution in [0.15, 0.2) is 4.52 Å². The van der Waals surface area contributed by atoms with Crippen LogP contribution in [0.3, 0.4) is 0 Å². The lowest BCUT2D eigenvalue weighted by molar-refractivity contribution is -0.142. The molecule has 2 aliphatic heterocycles. The number of ether oxygens (including phenoxy) is 1. The van der Waals surface area contributed by atoms with Gasteiger partial charge in [-0.3, -0.25) is 14.6 Å². The molecule has 3 fully saturated rings. The van der Waals surface area contributed by atoms with E-state index in [1.807, 2.05) is 0 Å². The Hall–Kier alpha value is -1.47. The Labute approximate surface area is 129 Å². The number of esters is 1. The molecule has 0 N–H and O–H groups in total. The largest absolute Gasteiger partial charge is 0.464 e. The Balaban J connectivity index is 1.32. The van der Waals surface area contributed by atoms with Gasteiger partial charge in [0.05, 0.1) is 13.2 Å². The fourth-order valence-corrected chi connectivity index (χ4v) is 3.41. The summed E-state index contributed by atoms with van der Waals surface area (Å²) in [6, 6.07) is 0.390. The highest BCUT2D eigenvalue weighted by atomic mass is 16.5. The van der Waals surface area contributed by atoms with Crippen LogP contribution in [0.2, 0.25) is 0 Å². The van der Waals surface area contributed by atoms with Crippen molar-refractivity contribution in [3.63, 3.8) is 0 Å². The van der Waals surface area contributed by atoms with Gasteiger partial charge < -0.3 is 9.26 Å². The molecule has 0 amide bonds. The fraction of sp³-hybridized carbons (Fsp3) is 0.800. The highest BCUT2D eigenvalue weighted by Gasteiger charge is 2.38. The summed E-state index contributed by atoms with van der Waals surface area (Å²) in [5.41, 5.74) is 0. The third kappa shape index (κ3) is 2.75. The highest BCUT2D eigenvalue weighted by molar-refractivity contribution is 5.77. The molecule has 7 nitrogen and oxygen atoms in total. The molecule has 7 heteroatoms. The van der Waals surface area contributed by atoms with E-state index in [-0.39, 0.29) is 12.0 Å². The monoisotopic (exact) mass is 306 g/mol. The third-order valence-electron chi connectivity index (χ3n) is 4.97. The summed E-state index contributed by atoms with van der Waals surface area (Å²) in [6.45, 7) is 3.12. The van der Waals surface area contributed by atoms with E-state index in [9.17, 15) is 4.79 Å². The Morgan fingerprint density at radius 2 is 2.18 bits per heavy atom. The summed E-state index contributed by atoms with van der Waals surface area (Å²) in [5.74, 6) is 2.01. The average molecular weight is 306 g/mol. The minimum absolute atomic E-state index is 0.0370. The molecule has 1 aromatic rings. The van der Waals surface area contributed by atoms with Gasteiger partial charge in [0.25, 0.3) is 0 Å². The highest BCUT2D eigenvalue weighted by Crippen LogP contribution is 2.38. The maximum Gasteiger partial charge on any atom is 0.323 e. The van der Waals surface area contributed by atoms with Crippen molar-refractivity contribution < 1.29 is 14.1 Å². The topological polar surface area (TPSA) is 71.7 Å². The van der Waals surface area contributed by atoms with E-state index in [0.29, 0.717) is 25.1 Å². The normalized spacial score (nSPS) is 29.5. The second kappa shape index (κ2) is 5.62. The minimum atomic E-state index is -0.0597. The lowest BCUT2D eigenvalue weighted by Crippen LogP contribution is -2.40. The lowest BCUT2D eigenvalue weighted by Gasteiger charge is -2.24. The number of likely N-dealkylation sites (tertiary alicyclic amines) is 1. The first-order valence-corrected chi connectivity index (χ1v) is 8.14. The lowest BCUT2D eigenvalue weighted by atomic mass is 10.2. The maximum absolute atomic E-state index is 11.7. The SMILES string of the molecule is CN(Cc1noc(C2CC2)n1)C1CCN(C2CCOC2=O)C1. The van der Waals surface area contributed by atoms with Crippen molar-refractivity contribution in [3.8, 4) is 0 Å². The Morgan fingerprint density at radius 3 is 2.91 bits per heavy atom. The summed E-state index contributed by atoms with van der Waals surface area (Å²) < 4.78 is 10.4. The zero-order chi connectivity index (χ0) is 15.1. The van der Waals surface area contributed by atoms with Crippen LogP contribution in [0.4, 0.5) is 0 Å². The number of likely N-dealkylation sites (N-methyl/N-ethyl adjacent to an activating group) is 1. The van der Waals surface area contributed by atoms with Crippen LogP contribution in [0.1, 0.15) is 43.3 Å². The molecule has 3 heterocycles. The summed E-state index contributed by atoms with van der Waals surface area (Å²) in [5, 5.41) is 4.08. The van der Waals surface area contributed by atoms with Gasteiger partial charge in [-0.25, -0.2) is 0 Å². The van der Waals surface area contributed by atoms with Gasteiger partial charge in [-0.2, -0.15) is 4.98 Å². The van der Waals surface area contributed by atoms with E-state index in [2.05, 4.69) is 27.0 Å². The van der Waals surface area contributed by atoms with Crippen LogP contribution >= 0.6 is 0 Å². The number of carbonyl (C=O) groups excluding carboxylic acids is 1. The van der Waals surface area contributed by atoms with Gasteiger partial charge in [-0.15, -0.1) is 0 Å². The van der Waals surface area contributed by atoms with Crippen molar-refractivity contribution in [1.82, 2.24) is 19.9 Å². The molecule has 0 radical (unpaired) electrons. The third-order valence-corrected chi connectivity index (χ3v) is 4.97. The molecule has 1 aliphatic carbocycles. The van der Waals surface area contributed by atoms with Crippen molar-refractivity contribution in [2.45, 2.75) is 50.2 Å².